The lowest BCUT2D eigenvalue weighted by atomic mass is 10.0. The van der Waals surface area contributed by atoms with E-state index in [-0.39, 0.29) is 6.04 Å². The largest absolute Gasteiger partial charge is 0.305 e. The fourth-order valence-corrected chi connectivity index (χ4v) is 2.87. The zero-order valence-corrected chi connectivity index (χ0v) is 11.4. The first-order chi connectivity index (χ1) is 8.24. The normalized spacial score (nSPS) is 12.9. The summed E-state index contributed by atoms with van der Waals surface area (Å²) < 4.78 is 1.95. The summed E-state index contributed by atoms with van der Waals surface area (Å²) in [6.07, 6.45) is 3.00. The van der Waals surface area contributed by atoms with Gasteiger partial charge in [0.1, 0.15) is 0 Å². The van der Waals surface area contributed by atoms with Gasteiger partial charge in [-0.15, -0.1) is 0 Å². The van der Waals surface area contributed by atoms with E-state index >= 15 is 0 Å². The highest BCUT2D eigenvalue weighted by atomic mass is 32.1. The molecule has 0 aliphatic carbocycles. The number of aromatic nitrogens is 2. The summed E-state index contributed by atoms with van der Waals surface area (Å²) in [4.78, 5) is 0. The Bertz CT molecular complexity index is 432. The Balaban J connectivity index is 2.32. The SMILES string of the molecule is CCCNC(c1cscc1C)c1ccnn1C. The van der Waals surface area contributed by atoms with E-state index in [1.165, 1.54) is 16.8 Å². The molecule has 0 amide bonds. The van der Waals surface area contributed by atoms with Crippen LogP contribution in [0.5, 0.6) is 0 Å². The number of nitrogens with zero attached hydrogens (tertiary/aromatic N) is 2. The Morgan fingerprint density at radius 1 is 1.47 bits per heavy atom. The maximum atomic E-state index is 4.27. The molecule has 1 atom stereocenters. The van der Waals surface area contributed by atoms with E-state index < -0.39 is 0 Å². The second-order valence-corrected chi connectivity index (χ2v) is 5.02. The summed E-state index contributed by atoms with van der Waals surface area (Å²) in [7, 11) is 2.00. The van der Waals surface area contributed by atoms with Crippen molar-refractivity contribution in [2.75, 3.05) is 6.54 Å². The van der Waals surface area contributed by atoms with Gasteiger partial charge in [-0.05, 0) is 47.8 Å². The lowest BCUT2D eigenvalue weighted by molar-refractivity contribution is 0.553. The number of hydrogen-bond acceptors (Lipinski definition) is 3. The highest BCUT2D eigenvalue weighted by Gasteiger charge is 2.18. The number of thiophene rings is 1. The van der Waals surface area contributed by atoms with E-state index in [1.807, 2.05) is 17.9 Å². The number of nitrogens with one attached hydrogen (secondary N) is 1. The molecule has 17 heavy (non-hydrogen) atoms. The summed E-state index contributed by atoms with van der Waals surface area (Å²) in [5.41, 5.74) is 3.94. The maximum absolute atomic E-state index is 4.27. The van der Waals surface area contributed by atoms with Crippen LogP contribution in [0.25, 0.3) is 0 Å². The lowest BCUT2D eigenvalue weighted by Gasteiger charge is -2.19. The van der Waals surface area contributed by atoms with Crippen molar-refractivity contribution in [1.29, 1.82) is 0 Å². The number of hydrogen-bond donors (Lipinski definition) is 1. The third kappa shape index (κ3) is 2.58. The van der Waals surface area contributed by atoms with Crippen LogP contribution in [0.4, 0.5) is 0 Å². The topological polar surface area (TPSA) is 29.9 Å². The molecule has 4 heteroatoms. The summed E-state index contributed by atoms with van der Waals surface area (Å²) >= 11 is 1.76. The van der Waals surface area contributed by atoms with Crippen molar-refractivity contribution in [2.24, 2.45) is 7.05 Å². The first-order valence-electron chi connectivity index (χ1n) is 5.98. The second-order valence-electron chi connectivity index (χ2n) is 4.28. The van der Waals surface area contributed by atoms with Crippen molar-refractivity contribution in [3.63, 3.8) is 0 Å². The van der Waals surface area contributed by atoms with Crippen molar-refractivity contribution in [3.8, 4) is 0 Å². The quantitative estimate of drug-likeness (QED) is 0.883. The Morgan fingerprint density at radius 3 is 2.82 bits per heavy atom. The molecule has 2 aromatic rings. The molecular formula is C13H19N3S. The minimum Gasteiger partial charge on any atom is -0.305 e. The Hall–Kier alpha value is -1.13. The van der Waals surface area contributed by atoms with Crippen molar-refractivity contribution >= 4 is 11.3 Å². The first kappa shape index (κ1) is 12.3. The van der Waals surface area contributed by atoms with E-state index in [9.17, 15) is 0 Å². The standard InChI is InChI=1S/C13H19N3S/c1-4-6-14-13(11-9-17-8-10(11)2)12-5-7-15-16(12)3/h5,7-9,13-14H,4,6H2,1-3H3. The van der Waals surface area contributed by atoms with Crippen LogP contribution >= 0.6 is 11.3 Å². The minimum absolute atomic E-state index is 0.258. The molecule has 0 aliphatic rings. The van der Waals surface area contributed by atoms with Gasteiger partial charge in [0.2, 0.25) is 0 Å². The molecule has 0 radical (unpaired) electrons. The van der Waals surface area contributed by atoms with Gasteiger partial charge >= 0.3 is 0 Å². The number of aryl methyl sites for hydroxylation is 2. The zero-order valence-electron chi connectivity index (χ0n) is 10.6. The van der Waals surface area contributed by atoms with Crippen molar-refractivity contribution in [3.05, 3.63) is 39.8 Å². The van der Waals surface area contributed by atoms with Gasteiger partial charge in [-0.1, -0.05) is 6.92 Å². The third-order valence-electron chi connectivity index (χ3n) is 2.96. The van der Waals surface area contributed by atoms with Crippen LogP contribution in [-0.2, 0) is 7.05 Å². The zero-order chi connectivity index (χ0) is 12.3. The van der Waals surface area contributed by atoms with Gasteiger partial charge in [0.15, 0.2) is 0 Å². The number of rotatable bonds is 5. The summed E-state index contributed by atoms with van der Waals surface area (Å²) in [5, 5.41) is 12.3. The Labute approximate surface area is 106 Å². The van der Waals surface area contributed by atoms with Crippen LogP contribution in [0.1, 0.15) is 36.2 Å². The Morgan fingerprint density at radius 2 is 2.29 bits per heavy atom. The van der Waals surface area contributed by atoms with Crippen LogP contribution in [-0.4, -0.2) is 16.3 Å². The van der Waals surface area contributed by atoms with E-state index in [0.29, 0.717) is 0 Å². The molecular weight excluding hydrogens is 230 g/mol. The molecule has 2 heterocycles. The van der Waals surface area contributed by atoms with Crippen molar-refractivity contribution < 1.29 is 0 Å². The van der Waals surface area contributed by atoms with Gasteiger partial charge < -0.3 is 5.32 Å². The van der Waals surface area contributed by atoms with Gasteiger partial charge in [-0.2, -0.15) is 16.4 Å². The lowest BCUT2D eigenvalue weighted by Crippen LogP contribution is -2.25. The molecule has 0 aliphatic heterocycles. The molecule has 2 rings (SSSR count). The monoisotopic (exact) mass is 249 g/mol. The smallest absolute Gasteiger partial charge is 0.0758 e. The molecule has 92 valence electrons. The third-order valence-corrected chi connectivity index (χ3v) is 3.84. The molecule has 0 saturated heterocycles. The van der Waals surface area contributed by atoms with Gasteiger partial charge in [-0.25, -0.2) is 0 Å². The predicted molar refractivity (Wildman–Crippen MR) is 72.4 cm³/mol. The van der Waals surface area contributed by atoms with E-state index in [2.05, 4.69) is 41.1 Å². The van der Waals surface area contributed by atoms with E-state index in [1.54, 1.807) is 11.3 Å². The molecule has 0 bridgehead atoms. The van der Waals surface area contributed by atoms with Gasteiger partial charge in [0, 0.05) is 13.2 Å². The van der Waals surface area contributed by atoms with E-state index in [0.717, 1.165) is 13.0 Å². The fraction of sp³-hybridized carbons (Fsp3) is 0.462. The highest BCUT2D eigenvalue weighted by molar-refractivity contribution is 7.08. The van der Waals surface area contributed by atoms with Crippen molar-refractivity contribution in [1.82, 2.24) is 15.1 Å². The first-order valence-corrected chi connectivity index (χ1v) is 6.92. The summed E-state index contributed by atoms with van der Waals surface area (Å²) in [6, 6.07) is 2.35. The van der Waals surface area contributed by atoms with Gasteiger partial charge in [0.25, 0.3) is 0 Å². The van der Waals surface area contributed by atoms with Gasteiger partial charge in [-0.3, -0.25) is 4.68 Å². The average Bonchev–Trinajstić information content (AvgIpc) is 2.90. The molecule has 3 nitrogen and oxygen atoms in total. The molecule has 1 unspecified atom stereocenters. The summed E-state index contributed by atoms with van der Waals surface area (Å²) in [5.74, 6) is 0. The van der Waals surface area contributed by atoms with Crippen molar-refractivity contribution in [2.45, 2.75) is 26.3 Å². The van der Waals surface area contributed by atoms with E-state index in [4.69, 9.17) is 0 Å². The molecule has 0 aromatic carbocycles. The predicted octanol–water partition coefficient (Wildman–Crippen LogP) is 2.88. The van der Waals surface area contributed by atoms with Crippen LogP contribution in [0.15, 0.2) is 23.0 Å². The van der Waals surface area contributed by atoms with Crippen LogP contribution in [0.2, 0.25) is 0 Å². The molecule has 1 N–H and O–H groups in total. The maximum Gasteiger partial charge on any atom is 0.0758 e. The molecule has 2 aromatic heterocycles. The van der Waals surface area contributed by atoms with Crippen LogP contribution in [0.3, 0.4) is 0 Å². The van der Waals surface area contributed by atoms with Crippen LogP contribution in [0, 0.1) is 6.92 Å². The Kier molecular flexibility index (Phi) is 3.97. The highest BCUT2D eigenvalue weighted by Crippen LogP contribution is 2.27. The summed E-state index contributed by atoms with van der Waals surface area (Å²) in [6.45, 7) is 5.38. The molecule has 0 saturated carbocycles. The fourth-order valence-electron chi connectivity index (χ4n) is 2.00. The van der Waals surface area contributed by atoms with Crippen LogP contribution < -0.4 is 5.32 Å². The minimum atomic E-state index is 0.258. The average molecular weight is 249 g/mol. The molecule has 0 spiro atoms. The second kappa shape index (κ2) is 5.47. The van der Waals surface area contributed by atoms with Gasteiger partial charge in [0.05, 0.1) is 11.7 Å². The molecule has 0 fully saturated rings.